The minimum absolute atomic E-state index is 0.0158. The molecule has 2 atom stereocenters. The van der Waals surface area contributed by atoms with Crippen LogP contribution in [-0.2, 0) is 17.9 Å². The van der Waals surface area contributed by atoms with E-state index in [0.29, 0.717) is 12.3 Å². The smallest absolute Gasteiger partial charge is 0.135 e. The first-order valence-corrected chi connectivity index (χ1v) is 8.43. The van der Waals surface area contributed by atoms with Crippen LogP contribution >= 0.6 is 0 Å². The first-order chi connectivity index (χ1) is 12.7. The molecule has 1 saturated heterocycles. The summed E-state index contributed by atoms with van der Waals surface area (Å²) >= 11 is 0. The Morgan fingerprint density at radius 3 is 2.92 bits per heavy atom. The molecule has 0 aliphatic carbocycles. The summed E-state index contributed by atoms with van der Waals surface area (Å²) in [6.45, 7) is 2.63. The van der Waals surface area contributed by atoms with Crippen molar-refractivity contribution in [2.75, 3.05) is 13.1 Å². The molecule has 0 radical (unpaired) electrons. The number of aromatic nitrogens is 3. The van der Waals surface area contributed by atoms with Crippen LogP contribution in [0, 0.1) is 11.6 Å². The normalized spacial score (nSPS) is 22.4. The molecular weight excluding hydrogens is 342 g/mol. The van der Waals surface area contributed by atoms with E-state index in [0.717, 1.165) is 37.0 Å². The topological polar surface area (TPSA) is 56.3 Å². The van der Waals surface area contributed by atoms with Crippen LogP contribution in [0.25, 0.3) is 11.3 Å². The summed E-state index contributed by atoms with van der Waals surface area (Å²) in [5.41, 5.74) is 2.48. The Bertz CT molecular complexity index is 941. The molecule has 0 saturated carbocycles. The van der Waals surface area contributed by atoms with Crippen molar-refractivity contribution in [1.82, 2.24) is 19.9 Å². The highest BCUT2D eigenvalue weighted by Gasteiger charge is 2.40. The standard InChI is InChI=1S/C18H16F2N4O2/c19-12-1-2-13(14(20)5-12)18-16-10-26-17-8-23(6-11-3-4-25-9-11)7-15(17)24(16)22-21-18/h1-5,9,15,17H,6-8,10H2/t15-,17-/m1/s1. The summed E-state index contributed by atoms with van der Waals surface area (Å²) in [5.74, 6) is -1.27. The van der Waals surface area contributed by atoms with Gasteiger partial charge >= 0.3 is 0 Å². The average Bonchev–Trinajstić information content (AvgIpc) is 3.33. The zero-order valence-corrected chi connectivity index (χ0v) is 13.8. The second kappa shape index (κ2) is 6.00. The lowest BCUT2D eigenvalue weighted by Crippen LogP contribution is -2.32. The average molecular weight is 358 g/mol. The fraction of sp³-hybridized carbons (Fsp3) is 0.333. The van der Waals surface area contributed by atoms with Gasteiger partial charge in [0.05, 0.1) is 37.0 Å². The third-order valence-corrected chi connectivity index (χ3v) is 5.02. The van der Waals surface area contributed by atoms with Crippen molar-refractivity contribution in [3.63, 3.8) is 0 Å². The summed E-state index contributed by atoms with van der Waals surface area (Å²) in [4.78, 5) is 2.27. The van der Waals surface area contributed by atoms with E-state index >= 15 is 0 Å². The van der Waals surface area contributed by atoms with E-state index in [-0.39, 0.29) is 17.7 Å². The van der Waals surface area contributed by atoms with E-state index in [1.165, 1.54) is 12.1 Å². The summed E-state index contributed by atoms with van der Waals surface area (Å²) in [5, 5.41) is 8.41. The van der Waals surface area contributed by atoms with Crippen molar-refractivity contribution >= 4 is 0 Å². The quantitative estimate of drug-likeness (QED) is 0.721. The summed E-state index contributed by atoms with van der Waals surface area (Å²) in [7, 11) is 0. The molecule has 0 unspecified atom stereocenters. The maximum atomic E-state index is 14.2. The first-order valence-electron chi connectivity index (χ1n) is 8.43. The first kappa shape index (κ1) is 15.7. The molecule has 1 aromatic carbocycles. The molecule has 2 aliphatic rings. The number of rotatable bonds is 3. The number of ether oxygens (including phenoxy) is 1. The van der Waals surface area contributed by atoms with Gasteiger partial charge in [0.15, 0.2) is 0 Å². The Hall–Kier alpha value is -2.58. The lowest BCUT2D eigenvalue weighted by Gasteiger charge is -2.26. The van der Waals surface area contributed by atoms with Crippen LogP contribution in [0.15, 0.2) is 41.2 Å². The molecule has 1 fully saturated rings. The molecule has 134 valence electrons. The largest absolute Gasteiger partial charge is 0.472 e. The van der Waals surface area contributed by atoms with Gasteiger partial charge in [-0.3, -0.25) is 4.90 Å². The number of hydrogen-bond acceptors (Lipinski definition) is 5. The number of hydrogen-bond donors (Lipinski definition) is 0. The molecule has 0 amide bonds. The number of benzene rings is 1. The van der Waals surface area contributed by atoms with E-state index in [2.05, 4.69) is 15.2 Å². The second-order valence-electron chi connectivity index (χ2n) is 6.70. The van der Waals surface area contributed by atoms with E-state index in [1.54, 1.807) is 12.5 Å². The van der Waals surface area contributed by atoms with Crippen LogP contribution < -0.4 is 0 Å². The molecule has 0 bridgehead atoms. The van der Waals surface area contributed by atoms with Gasteiger partial charge in [0.2, 0.25) is 0 Å². The van der Waals surface area contributed by atoms with Gasteiger partial charge in [-0.2, -0.15) is 0 Å². The van der Waals surface area contributed by atoms with Crippen LogP contribution in [0.2, 0.25) is 0 Å². The van der Waals surface area contributed by atoms with Crippen molar-refractivity contribution in [1.29, 1.82) is 0 Å². The Morgan fingerprint density at radius 1 is 1.19 bits per heavy atom. The van der Waals surface area contributed by atoms with Crippen LogP contribution in [0.4, 0.5) is 8.78 Å². The lowest BCUT2D eigenvalue weighted by molar-refractivity contribution is -0.00495. The predicted octanol–water partition coefficient (Wildman–Crippen LogP) is 2.77. The van der Waals surface area contributed by atoms with Gasteiger partial charge in [-0.1, -0.05) is 5.21 Å². The molecule has 4 heterocycles. The van der Waals surface area contributed by atoms with Crippen molar-refractivity contribution < 1.29 is 17.9 Å². The molecular formula is C18H16F2N4O2. The van der Waals surface area contributed by atoms with Crippen molar-refractivity contribution in [3.05, 3.63) is 59.7 Å². The third-order valence-electron chi connectivity index (χ3n) is 5.02. The van der Waals surface area contributed by atoms with E-state index in [4.69, 9.17) is 9.15 Å². The minimum Gasteiger partial charge on any atom is -0.472 e. The zero-order chi connectivity index (χ0) is 17.7. The van der Waals surface area contributed by atoms with Gasteiger partial charge in [0.1, 0.15) is 17.3 Å². The molecule has 0 spiro atoms. The summed E-state index contributed by atoms with van der Waals surface area (Å²) < 4.78 is 40.3. The van der Waals surface area contributed by atoms with Gasteiger partial charge in [-0.25, -0.2) is 13.5 Å². The van der Waals surface area contributed by atoms with Gasteiger partial charge in [0, 0.05) is 36.8 Å². The molecule has 3 aromatic rings. The van der Waals surface area contributed by atoms with Gasteiger partial charge in [0.25, 0.3) is 0 Å². The Morgan fingerprint density at radius 2 is 2.12 bits per heavy atom. The van der Waals surface area contributed by atoms with Crippen molar-refractivity contribution in [3.8, 4) is 11.3 Å². The van der Waals surface area contributed by atoms with Crippen LogP contribution in [-0.4, -0.2) is 39.1 Å². The number of halogens is 2. The summed E-state index contributed by atoms with van der Waals surface area (Å²) in [6, 6.07) is 5.44. The van der Waals surface area contributed by atoms with Crippen LogP contribution in [0.1, 0.15) is 17.3 Å². The SMILES string of the molecule is Fc1ccc(-c2nnn3c2CO[C@@H]2CN(Cc4ccoc4)C[C@H]23)c(F)c1. The van der Waals surface area contributed by atoms with Gasteiger partial charge in [-0.15, -0.1) is 5.10 Å². The Balaban J connectivity index is 1.43. The number of likely N-dealkylation sites (tertiary alicyclic amines) is 1. The fourth-order valence-corrected chi connectivity index (χ4v) is 3.79. The number of fused-ring (bicyclic) bond motifs is 3. The van der Waals surface area contributed by atoms with Crippen molar-refractivity contribution in [2.45, 2.75) is 25.3 Å². The molecule has 5 rings (SSSR count). The number of furan rings is 1. The van der Waals surface area contributed by atoms with Crippen LogP contribution in [0.3, 0.4) is 0 Å². The van der Waals surface area contributed by atoms with Crippen LogP contribution in [0.5, 0.6) is 0 Å². The fourth-order valence-electron chi connectivity index (χ4n) is 3.79. The monoisotopic (exact) mass is 358 g/mol. The molecule has 8 heteroatoms. The highest BCUT2D eigenvalue weighted by molar-refractivity contribution is 5.62. The van der Waals surface area contributed by atoms with E-state index in [1.807, 2.05) is 10.7 Å². The molecule has 0 N–H and O–H groups in total. The molecule has 2 aromatic heterocycles. The Kier molecular flexibility index (Phi) is 3.61. The lowest BCUT2D eigenvalue weighted by atomic mass is 10.1. The maximum Gasteiger partial charge on any atom is 0.135 e. The molecule has 2 aliphatic heterocycles. The minimum atomic E-state index is -0.650. The van der Waals surface area contributed by atoms with E-state index in [9.17, 15) is 8.78 Å². The van der Waals surface area contributed by atoms with Gasteiger partial charge in [-0.05, 0) is 18.2 Å². The highest BCUT2D eigenvalue weighted by Crippen LogP contribution is 2.35. The van der Waals surface area contributed by atoms with E-state index < -0.39 is 11.6 Å². The second-order valence-corrected chi connectivity index (χ2v) is 6.70. The predicted molar refractivity (Wildman–Crippen MR) is 87.0 cm³/mol. The van der Waals surface area contributed by atoms with Crippen molar-refractivity contribution in [2.24, 2.45) is 0 Å². The maximum absolute atomic E-state index is 14.2. The summed E-state index contributed by atoms with van der Waals surface area (Å²) in [6.07, 6.45) is 3.41. The molecule has 26 heavy (non-hydrogen) atoms. The highest BCUT2D eigenvalue weighted by atomic mass is 19.1. The zero-order valence-electron chi connectivity index (χ0n) is 13.8. The third kappa shape index (κ3) is 2.53. The Labute approximate surface area is 148 Å². The number of nitrogens with zero attached hydrogens (tertiary/aromatic N) is 4. The molecule has 6 nitrogen and oxygen atoms in total. The van der Waals surface area contributed by atoms with Gasteiger partial charge < -0.3 is 9.15 Å².